The second-order valence-electron chi connectivity index (χ2n) is 19.0. The maximum absolute atomic E-state index is 6.56. The van der Waals surface area contributed by atoms with Gasteiger partial charge in [-0.3, -0.25) is 0 Å². The molecule has 334 valence electrons. The molecule has 71 heavy (non-hydrogen) atoms. The van der Waals surface area contributed by atoms with E-state index in [2.05, 4.69) is 267 Å². The lowest BCUT2D eigenvalue weighted by atomic mass is 9.68. The van der Waals surface area contributed by atoms with Gasteiger partial charge < -0.3 is 9.32 Å². The largest absolute Gasteiger partial charge is 0.455 e. The van der Waals surface area contributed by atoms with Gasteiger partial charge in [0.2, 0.25) is 0 Å². The molecule has 0 fully saturated rings. The predicted octanol–water partition coefficient (Wildman–Crippen LogP) is 17.9. The highest BCUT2D eigenvalue weighted by Crippen LogP contribution is 2.63. The normalized spacial score (nSPS) is 14.4. The molecule has 1 aromatic heterocycles. The Labute approximate surface area is 414 Å². The third kappa shape index (κ3) is 5.65. The molecular formula is C69H47NO. The number of hydrogen-bond acceptors (Lipinski definition) is 2. The molecule has 3 aliphatic rings. The third-order valence-corrected chi connectivity index (χ3v) is 15.7. The van der Waals surface area contributed by atoms with E-state index in [1.807, 2.05) is 6.07 Å². The molecule has 0 bridgehead atoms. The molecule has 0 atom stereocenters. The SMILES string of the molecule is C=CC1=C(/C=C\C)C2(c3cc(N(c4ccc(-c5cccc6c5oc5ccccc56)cc4)c4ccc5c(c4)-c4ccccc4C5(c4ccccc4)c4ccccc4)ccc31)c1ccccc1-c1ccccc12. The zero-order valence-electron chi connectivity index (χ0n) is 39.3. The van der Waals surface area contributed by atoms with E-state index in [1.54, 1.807) is 0 Å². The topological polar surface area (TPSA) is 16.4 Å². The van der Waals surface area contributed by atoms with E-state index < -0.39 is 10.8 Å². The maximum atomic E-state index is 6.56. The first kappa shape index (κ1) is 41.0. The van der Waals surface area contributed by atoms with Crippen LogP contribution in [0.5, 0.6) is 0 Å². The summed E-state index contributed by atoms with van der Waals surface area (Å²) in [4.78, 5) is 2.46. The van der Waals surface area contributed by atoms with Gasteiger partial charge in [-0.25, -0.2) is 0 Å². The molecule has 0 saturated heterocycles. The highest BCUT2D eigenvalue weighted by atomic mass is 16.3. The van der Waals surface area contributed by atoms with Gasteiger partial charge in [-0.05, 0) is 133 Å². The molecule has 0 aliphatic heterocycles. The van der Waals surface area contributed by atoms with Gasteiger partial charge in [-0.1, -0.05) is 219 Å². The Hall–Kier alpha value is -8.98. The van der Waals surface area contributed by atoms with Crippen molar-refractivity contribution in [1.82, 2.24) is 0 Å². The molecule has 0 amide bonds. The Morgan fingerprint density at radius 3 is 1.59 bits per heavy atom. The minimum absolute atomic E-state index is 0.504. The average molecular weight is 906 g/mol. The summed E-state index contributed by atoms with van der Waals surface area (Å²) in [6.07, 6.45) is 6.57. The number of anilines is 3. The molecule has 2 nitrogen and oxygen atoms in total. The van der Waals surface area contributed by atoms with Crippen molar-refractivity contribution in [2.45, 2.75) is 17.8 Å². The molecule has 0 unspecified atom stereocenters. The summed E-state index contributed by atoms with van der Waals surface area (Å²) in [5.41, 5.74) is 23.7. The van der Waals surface area contributed by atoms with Crippen LogP contribution >= 0.6 is 0 Å². The summed E-state index contributed by atoms with van der Waals surface area (Å²) >= 11 is 0. The van der Waals surface area contributed by atoms with Gasteiger partial charge in [0, 0.05) is 33.4 Å². The van der Waals surface area contributed by atoms with Crippen LogP contribution in [0.3, 0.4) is 0 Å². The summed E-state index contributed by atoms with van der Waals surface area (Å²) in [6, 6.07) is 87.2. The highest BCUT2D eigenvalue weighted by molar-refractivity contribution is 6.09. The number of furan rings is 1. The fourth-order valence-corrected chi connectivity index (χ4v) is 12.9. The molecule has 1 heterocycles. The smallest absolute Gasteiger partial charge is 0.143 e. The van der Waals surface area contributed by atoms with Gasteiger partial charge in [0.05, 0.1) is 10.8 Å². The summed E-state index contributed by atoms with van der Waals surface area (Å²) in [5, 5.41) is 2.25. The summed E-state index contributed by atoms with van der Waals surface area (Å²) in [6.45, 7) is 6.58. The second kappa shape index (κ2) is 15.8. The van der Waals surface area contributed by atoms with E-state index in [4.69, 9.17) is 4.42 Å². The first-order chi connectivity index (χ1) is 35.1. The van der Waals surface area contributed by atoms with Gasteiger partial charge in [-0.2, -0.15) is 0 Å². The fourth-order valence-electron chi connectivity index (χ4n) is 12.9. The second-order valence-corrected chi connectivity index (χ2v) is 19.0. The lowest BCUT2D eigenvalue weighted by Gasteiger charge is -2.34. The molecule has 2 heteroatoms. The van der Waals surface area contributed by atoms with E-state index in [0.29, 0.717) is 0 Å². The quantitative estimate of drug-likeness (QED) is 0.151. The maximum Gasteiger partial charge on any atom is 0.143 e. The molecule has 10 aromatic carbocycles. The number of nitrogens with zero attached hydrogens (tertiary/aromatic N) is 1. The average Bonchev–Trinajstić information content (AvgIpc) is 4.14. The Balaban J connectivity index is 1.01. The number of para-hydroxylation sites is 2. The number of fused-ring (bicyclic) bond motifs is 13. The van der Waals surface area contributed by atoms with Crippen molar-refractivity contribution in [2.24, 2.45) is 0 Å². The standard InChI is InChI=1S/C69H47NO/c1-3-20-60-51(4-2)56-41-39-50(44-65(56)69(60)62-32-16-11-25-53(62)54-26-12-17-33-63(54)69)70(48-37-35-45(36-38-48)52-29-19-30-58-57-28-14-18-34-66(57)71-67(52)58)49-40-42-64-59(43-49)55-27-13-15-31-61(55)68(64,46-21-7-5-8-22-46)47-23-9-6-10-24-47/h3-44H,2H2,1H3/b20-3-. The van der Waals surface area contributed by atoms with E-state index in [9.17, 15) is 0 Å². The van der Waals surface area contributed by atoms with Crippen LogP contribution in [-0.4, -0.2) is 0 Å². The molecular weight excluding hydrogens is 859 g/mol. The molecule has 0 N–H and O–H groups in total. The van der Waals surface area contributed by atoms with Crippen molar-refractivity contribution in [3.8, 4) is 33.4 Å². The van der Waals surface area contributed by atoms with Gasteiger partial charge in [0.15, 0.2) is 0 Å². The van der Waals surface area contributed by atoms with Crippen molar-refractivity contribution < 1.29 is 4.42 Å². The number of hydrogen-bond donors (Lipinski definition) is 0. The van der Waals surface area contributed by atoms with Crippen LogP contribution in [0.2, 0.25) is 0 Å². The van der Waals surface area contributed by atoms with Crippen molar-refractivity contribution in [3.63, 3.8) is 0 Å². The monoisotopic (exact) mass is 905 g/mol. The first-order valence-corrected chi connectivity index (χ1v) is 24.6. The Bertz CT molecular complexity index is 3930. The first-order valence-electron chi connectivity index (χ1n) is 24.6. The van der Waals surface area contributed by atoms with Crippen LogP contribution in [0.25, 0.3) is 60.9 Å². The summed E-state index contributed by atoms with van der Waals surface area (Å²) < 4.78 is 6.56. The van der Waals surface area contributed by atoms with Crippen LogP contribution < -0.4 is 4.90 Å². The Morgan fingerprint density at radius 2 is 0.930 bits per heavy atom. The van der Waals surface area contributed by atoms with E-state index >= 15 is 0 Å². The van der Waals surface area contributed by atoms with Gasteiger partial charge in [0.25, 0.3) is 0 Å². The van der Waals surface area contributed by atoms with Crippen LogP contribution in [0.15, 0.2) is 271 Å². The molecule has 0 saturated carbocycles. The number of rotatable bonds is 8. The zero-order valence-corrected chi connectivity index (χ0v) is 39.3. The minimum atomic E-state index is -0.544. The van der Waals surface area contributed by atoms with Crippen LogP contribution in [0.4, 0.5) is 17.1 Å². The van der Waals surface area contributed by atoms with Crippen molar-refractivity contribution in [3.05, 3.63) is 311 Å². The van der Waals surface area contributed by atoms with Gasteiger partial charge in [-0.15, -0.1) is 0 Å². The van der Waals surface area contributed by atoms with Gasteiger partial charge in [0.1, 0.15) is 11.2 Å². The van der Waals surface area contributed by atoms with E-state index in [-0.39, 0.29) is 0 Å². The van der Waals surface area contributed by atoms with Crippen molar-refractivity contribution in [1.29, 1.82) is 0 Å². The molecule has 14 rings (SSSR count). The lowest BCUT2D eigenvalue weighted by Crippen LogP contribution is -2.28. The third-order valence-electron chi connectivity index (χ3n) is 15.7. The minimum Gasteiger partial charge on any atom is -0.455 e. The Kier molecular flexibility index (Phi) is 9.12. The van der Waals surface area contributed by atoms with Crippen LogP contribution in [-0.2, 0) is 10.8 Å². The van der Waals surface area contributed by atoms with E-state index in [1.165, 1.54) is 77.9 Å². The summed E-state index contributed by atoms with van der Waals surface area (Å²) in [5.74, 6) is 0. The highest BCUT2D eigenvalue weighted by Gasteiger charge is 2.52. The summed E-state index contributed by atoms with van der Waals surface area (Å²) in [7, 11) is 0. The van der Waals surface area contributed by atoms with Crippen molar-refractivity contribution in [2.75, 3.05) is 4.90 Å². The molecule has 11 aromatic rings. The lowest BCUT2D eigenvalue weighted by molar-refractivity contribution is 0.670. The Morgan fingerprint density at radius 1 is 0.408 bits per heavy atom. The van der Waals surface area contributed by atoms with Crippen LogP contribution in [0, 0.1) is 0 Å². The number of benzene rings is 10. The van der Waals surface area contributed by atoms with Gasteiger partial charge >= 0.3 is 0 Å². The van der Waals surface area contributed by atoms with E-state index in [0.717, 1.165) is 50.1 Å². The molecule has 3 aliphatic carbocycles. The molecule has 1 spiro atoms. The van der Waals surface area contributed by atoms with Crippen LogP contribution in [0.1, 0.15) is 51.4 Å². The number of allylic oxidation sites excluding steroid dienone is 5. The molecule has 0 radical (unpaired) electrons. The fraction of sp³-hybridized carbons (Fsp3) is 0.0435. The van der Waals surface area contributed by atoms with Crippen molar-refractivity contribution >= 4 is 44.6 Å². The zero-order chi connectivity index (χ0) is 47.3. The predicted molar refractivity (Wildman–Crippen MR) is 295 cm³/mol.